The zero-order chi connectivity index (χ0) is 19.2. The lowest BCUT2D eigenvalue weighted by molar-refractivity contribution is 0.0894. The van der Waals surface area contributed by atoms with Crippen LogP contribution in [0.15, 0.2) is 71.3 Å². The molecule has 1 aliphatic rings. The Morgan fingerprint density at radius 3 is 2.64 bits per heavy atom. The smallest absolute Gasteiger partial charge is 0.289 e. The number of hydrogen-bond donors (Lipinski definition) is 1. The Morgan fingerprint density at radius 2 is 1.86 bits per heavy atom. The van der Waals surface area contributed by atoms with E-state index in [4.69, 9.17) is 4.52 Å². The molecule has 1 N–H and O–H groups in total. The molecule has 0 bridgehead atoms. The second-order valence-corrected chi connectivity index (χ2v) is 7.38. The topological polar surface area (TPSA) is 58.4 Å². The van der Waals surface area contributed by atoms with E-state index in [0.29, 0.717) is 18.2 Å². The van der Waals surface area contributed by atoms with E-state index < -0.39 is 0 Å². The molecule has 0 saturated carbocycles. The van der Waals surface area contributed by atoms with Gasteiger partial charge < -0.3 is 9.84 Å². The predicted octanol–water partition coefficient (Wildman–Crippen LogP) is 3.98. The number of amides is 1. The third-order valence-electron chi connectivity index (χ3n) is 5.21. The maximum Gasteiger partial charge on any atom is 0.289 e. The summed E-state index contributed by atoms with van der Waals surface area (Å²) in [5.74, 6) is 0.517. The first-order chi connectivity index (χ1) is 13.8. The summed E-state index contributed by atoms with van der Waals surface area (Å²) in [5.41, 5.74) is 2.95. The van der Waals surface area contributed by atoms with Crippen molar-refractivity contribution in [3.05, 3.63) is 78.1 Å². The third kappa shape index (κ3) is 4.67. The molecule has 1 fully saturated rings. The highest BCUT2D eigenvalue weighted by molar-refractivity contribution is 5.92. The molecule has 1 unspecified atom stereocenters. The quantitative estimate of drug-likeness (QED) is 0.708. The maximum atomic E-state index is 12.4. The van der Waals surface area contributed by atoms with Crippen LogP contribution in [0.25, 0.3) is 11.3 Å². The molecular formula is C23H25N3O2. The number of nitrogens with one attached hydrogen (secondary N) is 1. The van der Waals surface area contributed by atoms with Crippen LogP contribution in [0.1, 0.15) is 29.0 Å². The van der Waals surface area contributed by atoms with Crippen LogP contribution >= 0.6 is 0 Å². The van der Waals surface area contributed by atoms with Crippen molar-refractivity contribution in [2.45, 2.75) is 19.4 Å². The molecule has 3 aromatic rings. The molecule has 2 aromatic carbocycles. The summed E-state index contributed by atoms with van der Waals surface area (Å²) in [6.07, 6.45) is 2.30. The summed E-state index contributed by atoms with van der Waals surface area (Å²) in [7, 11) is 0. The monoisotopic (exact) mass is 375 g/mol. The minimum atomic E-state index is -0.199. The molecule has 1 aromatic heterocycles. The number of hydrogen-bond acceptors (Lipinski definition) is 4. The van der Waals surface area contributed by atoms with Gasteiger partial charge in [-0.15, -0.1) is 0 Å². The van der Waals surface area contributed by atoms with Crippen LogP contribution in [0.2, 0.25) is 0 Å². The van der Waals surface area contributed by atoms with Crippen molar-refractivity contribution in [2.24, 2.45) is 5.92 Å². The minimum Gasteiger partial charge on any atom is -0.350 e. The van der Waals surface area contributed by atoms with Crippen LogP contribution in [0.4, 0.5) is 0 Å². The number of carbonyl (C=O) groups excluding carboxylic acids is 1. The Morgan fingerprint density at radius 1 is 1.11 bits per heavy atom. The van der Waals surface area contributed by atoms with E-state index in [0.717, 1.165) is 38.0 Å². The van der Waals surface area contributed by atoms with E-state index in [2.05, 4.69) is 39.6 Å². The van der Waals surface area contributed by atoms with E-state index in [1.807, 2.05) is 36.4 Å². The lowest BCUT2D eigenvalue weighted by atomic mass is 9.97. The first-order valence-corrected chi connectivity index (χ1v) is 9.84. The van der Waals surface area contributed by atoms with Gasteiger partial charge in [-0.1, -0.05) is 65.8 Å². The number of likely N-dealkylation sites (tertiary alicyclic amines) is 1. The second-order valence-electron chi connectivity index (χ2n) is 7.38. The Kier molecular flexibility index (Phi) is 5.83. The molecule has 5 heteroatoms. The van der Waals surface area contributed by atoms with Crippen LogP contribution in [0, 0.1) is 5.92 Å². The lowest BCUT2D eigenvalue weighted by Gasteiger charge is -2.32. The average Bonchev–Trinajstić information content (AvgIpc) is 3.24. The van der Waals surface area contributed by atoms with Gasteiger partial charge in [-0.3, -0.25) is 9.69 Å². The van der Waals surface area contributed by atoms with Crippen molar-refractivity contribution in [3.8, 4) is 11.3 Å². The molecular weight excluding hydrogens is 350 g/mol. The van der Waals surface area contributed by atoms with Gasteiger partial charge in [-0.2, -0.15) is 0 Å². The molecule has 1 atom stereocenters. The predicted molar refractivity (Wildman–Crippen MR) is 109 cm³/mol. The van der Waals surface area contributed by atoms with Crippen LogP contribution < -0.4 is 5.32 Å². The van der Waals surface area contributed by atoms with Crippen molar-refractivity contribution in [2.75, 3.05) is 19.6 Å². The number of benzene rings is 2. The van der Waals surface area contributed by atoms with Gasteiger partial charge in [-0.05, 0) is 30.9 Å². The fraction of sp³-hybridized carbons (Fsp3) is 0.304. The SMILES string of the molecule is O=C(NCC1CCCN(Cc2ccccc2)C1)c1cc(-c2ccccc2)no1. The molecule has 0 aliphatic carbocycles. The molecule has 2 heterocycles. The van der Waals surface area contributed by atoms with E-state index in [1.54, 1.807) is 6.07 Å². The summed E-state index contributed by atoms with van der Waals surface area (Å²) in [5, 5.41) is 7.04. The van der Waals surface area contributed by atoms with Gasteiger partial charge >= 0.3 is 0 Å². The molecule has 4 rings (SSSR count). The van der Waals surface area contributed by atoms with Gasteiger partial charge in [-0.25, -0.2) is 0 Å². The number of aromatic nitrogens is 1. The number of piperidine rings is 1. The number of carbonyl (C=O) groups is 1. The molecule has 0 radical (unpaired) electrons. The van der Waals surface area contributed by atoms with Gasteiger partial charge in [0, 0.05) is 31.3 Å². The van der Waals surface area contributed by atoms with Crippen LogP contribution in [-0.4, -0.2) is 35.6 Å². The highest BCUT2D eigenvalue weighted by Crippen LogP contribution is 2.20. The third-order valence-corrected chi connectivity index (χ3v) is 5.21. The van der Waals surface area contributed by atoms with Crippen LogP contribution in [-0.2, 0) is 6.54 Å². The Balaban J connectivity index is 1.29. The van der Waals surface area contributed by atoms with Crippen molar-refractivity contribution >= 4 is 5.91 Å². The molecule has 28 heavy (non-hydrogen) atoms. The van der Waals surface area contributed by atoms with E-state index in [1.165, 1.54) is 5.56 Å². The Labute approximate surface area is 165 Å². The summed E-state index contributed by atoms with van der Waals surface area (Å²) in [4.78, 5) is 14.9. The standard InChI is InChI=1S/C23H25N3O2/c27-23(22-14-21(25-28-22)20-11-5-2-6-12-20)24-15-19-10-7-13-26(17-19)16-18-8-3-1-4-9-18/h1-6,8-9,11-12,14,19H,7,10,13,15-17H2,(H,24,27). The van der Waals surface area contributed by atoms with Gasteiger partial charge in [0.15, 0.2) is 0 Å². The highest BCUT2D eigenvalue weighted by Gasteiger charge is 2.21. The van der Waals surface area contributed by atoms with Crippen molar-refractivity contribution in [3.63, 3.8) is 0 Å². The Bertz CT molecular complexity index is 892. The first kappa shape index (κ1) is 18.4. The maximum absolute atomic E-state index is 12.4. The zero-order valence-electron chi connectivity index (χ0n) is 15.9. The Hall–Kier alpha value is -2.92. The second kappa shape index (κ2) is 8.85. The molecule has 5 nitrogen and oxygen atoms in total. The molecule has 1 aliphatic heterocycles. The van der Waals surface area contributed by atoms with Gasteiger partial charge in [0.2, 0.25) is 5.76 Å². The van der Waals surface area contributed by atoms with Crippen LogP contribution in [0.3, 0.4) is 0 Å². The van der Waals surface area contributed by atoms with Crippen molar-refractivity contribution in [1.29, 1.82) is 0 Å². The average molecular weight is 375 g/mol. The normalized spacial score (nSPS) is 17.4. The zero-order valence-corrected chi connectivity index (χ0v) is 15.9. The molecule has 1 amide bonds. The minimum absolute atomic E-state index is 0.199. The summed E-state index contributed by atoms with van der Waals surface area (Å²) in [6.45, 7) is 3.74. The van der Waals surface area contributed by atoms with Crippen LogP contribution in [0.5, 0.6) is 0 Å². The van der Waals surface area contributed by atoms with Crippen molar-refractivity contribution < 1.29 is 9.32 Å². The summed E-state index contributed by atoms with van der Waals surface area (Å²) in [6, 6.07) is 22.0. The van der Waals surface area contributed by atoms with E-state index in [-0.39, 0.29) is 11.7 Å². The van der Waals surface area contributed by atoms with E-state index >= 15 is 0 Å². The van der Waals surface area contributed by atoms with Gasteiger partial charge in [0.1, 0.15) is 5.69 Å². The fourth-order valence-electron chi connectivity index (χ4n) is 3.75. The first-order valence-electron chi connectivity index (χ1n) is 9.84. The number of rotatable bonds is 6. The van der Waals surface area contributed by atoms with Crippen molar-refractivity contribution in [1.82, 2.24) is 15.4 Å². The molecule has 0 spiro atoms. The fourth-order valence-corrected chi connectivity index (χ4v) is 3.75. The van der Waals surface area contributed by atoms with Gasteiger partial charge in [0.05, 0.1) is 0 Å². The molecule has 144 valence electrons. The van der Waals surface area contributed by atoms with Gasteiger partial charge in [0.25, 0.3) is 5.91 Å². The lowest BCUT2D eigenvalue weighted by Crippen LogP contribution is -2.40. The summed E-state index contributed by atoms with van der Waals surface area (Å²) >= 11 is 0. The number of nitrogens with zero attached hydrogens (tertiary/aromatic N) is 2. The summed E-state index contributed by atoms with van der Waals surface area (Å²) < 4.78 is 5.25. The molecule has 1 saturated heterocycles. The largest absolute Gasteiger partial charge is 0.350 e. The highest BCUT2D eigenvalue weighted by atomic mass is 16.5. The van der Waals surface area contributed by atoms with E-state index in [9.17, 15) is 4.79 Å².